The summed E-state index contributed by atoms with van der Waals surface area (Å²) in [6.07, 6.45) is 5.20. The van der Waals surface area contributed by atoms with E-state index in [-0.39, 0.29) is 70.1 Å². The Morgan fingerprint density at radius 3 is 2.38 bits per heavy atom. The molecule has 1 saturated heterocycles. The third-order valence-corrected chi connectivity index (χ3v) is 9.77. The average molecular weight is 680 g/mol. The van der Waals surface area contributed by atoms with E-state index >= 15 is 0 Å². The molecule has 0 spiro atoms. The molecular weight excluding hydrogens is 637 g/mol. The zero-order valence-corrected chi connectivity index (χ0v) is 29.7. The summed E-state index contributed by atoms with van der Waals surface area (Å²) < 4.78 is 0. The summed E-state index contributed by atoms with van der Waals surface area (Å²) in [5.74, 6) is -3.02. The number of nitrogens with two attached hydrogens (primary N) is 2. The number of nitrogens with zero attached hydrogens (tertiary/aromatic N) is 2. The first-order valence-corrected chi connectivity index (χ1v) is 16.4. The summed E-state index contributed by atoms with van der Waals surface area (Å²) in [7, 11) is 0. The summed E-state index contributed by atoms with van der Waals surface area (Å²) in [5.41, 5.74) is 10.3. The zero-order chi connectivity index (χ0) is 33.2. The van der Waals surface area contributed by atoms with E-state index in [9.17, 15) is 39.3 Å². The Hall–Kier alpha value is -2.08. The van der Waals surface area contributed by atoms with E-state index in [1.165, 1.54) is 40.8 Å². The first-order chi connectivity index (χ1) is 20.6. The Balaban J connectivity index is 0.000000446. The number of hydrogen-bond donors (Lipinski definition) is 6. The van der Waals surface area contributed by atoms with Gasteiger partial charge < -0.3 is 46.9 Å². The molecule has 5 atom stereocenters. The number of carboxylic acids is 3. The molecule has 0 bridgehead atoms. The molecule has 0 unspecified atom stereocenters. The number of aliphatic hydroxyl groups excluding tert-OH is 1. The van der Waals surface area contributed by atoms with Crippen LogP contribution in [0.5, 0.6) is 0 Å². The summed E-state index contributed by atoms with van der Waals surface area (Å²) >= 11 is 2.83. The maximum Gasteiger partial charge on any atom is 1.00 e. The Kier molecular flexibility index (Phi) is 17.2. The van der Waals surface area contributed by atoms with Crippen LogP contribution in [0.4, 0.5) is 0 Å². The molecule has 3 rings (SSSR count). The largest absolute Gasteiger partial charge is 1.00 e. The van der Waals surface area contributed by atoms with E-state index in [0.717, 1.165) is 25.0 Å². The van der Waals surface area contributed by atoms with Crippen molar-refractivity contribution in [1.82, 2.24) is 10.2 Å². The SMILES string of the molecule is CC1(C)C[C@@H]1C(=O)NC(=CCCCCSC[C@H](N)C(=O)O)C(=O)[O-].C[C@@H](O)[C@H]1C(=O)N2C(C(=O)O)=C(SCCN=CN)C[C@H]12.[Na+]. The molecule has 1 aliphatic carbocycles. The Labute approximate surface area is 293 Å². The number of carbonyl (C=O) groups is 5. The minimum atomic E-state index is -1.39. The molecule has 3 aliphatic rings. The molecule has 246 valence electrons. The van der Waals surface area contributed by atoms with Crippen LogP contribution in [0.3, 0.4) is 0 Å². The van der Waals surface area contributed by atoms with Crippen molar-refractivity contribution in [3.05, 3.63) is 22.4 Å². The molecule has 2 fully saturated rings. The molecule has 0 radical (unpaired) electrons. The third-order valence-electron chi connectivity index (χ3n) is 7.51. The molecule has 2 heterocycles. The monoisotopic (exact) mass is 679 g/mol. The molecule has 0 aromatic rings. The zero-order valence-electron chi connectivity index (χ0n) is 26.1. The number of amides is 2. The molecule has 14 nitrogen and oxygen atoms in total. The van der Waals surface area contributed by atoms with Crippen LogP contribution in [0, 0.1) is 17.3 Å². The van der Waals surface area contributed by atoms with Crippen LogP contribution in [0.1, 0.15) is 52.9 Å². The van der Waals surface area contributed by atoms with Crippen LogP contribution in [0.2, 0.25) is 0 Å². The number of unbranched alkanes of at least 4 members (excludes halogenated alkanes) is 2. The van der Waals surface area contributed by atoms with Gasteiger partial charge in [-0.05, 0) is 43.8 Å². The van der Waals surface area contributed by atoms with Crippen LogP contribution < -0.4 is 51.4 Å². The van der Waals surface area contributed by atoms with Gasteiger partial charge in [0, 0.05) is 28.7 Å². The van der Waals surface area contributed by atoms with Gasteiger partial charge in [-0.1, -0.05) is 19.9 Å². The molecule has 2 amide bonds. The minimum absolute atomic E-state index is 0. The summed E-state index contributed by atoms with van der Waals surface area (Å²) in [6.45, 7) is 5.98. The maximum atomic E-state index is 11.9. The van der Waals surface area contributed by atoms with Crippen molar-refractivity contribution < 1.29 is 74.0 Å². The average Bonchev–Trinajstić information content (AvgIpc) is 3.46. The number of fused-ring (bicyclic) bond motifs is 1. The predicted octanol–water partition coefficient (Wildman–Crippen LogP) is -3.28. The fourth-order valence-corrected chi connectivity index (χ4v) is 6.88. The third kappa shape index (κ3) is 11.9. The minimum Gasteiger partial charge on any atom is -0.543 e. The van der Waals surface area contributed by atoms with Gasteiger partial charge >= 0.3 is 41.5 Å². The molecule has 8 N–H and O–H groups in total. The number of hydrogen-bond acceptors (Lipinski definition) is 11. The van der Waals surface area contributed by atoms with Crippen molar-refractivity contribution in [2.24, 2.45) is 33.7 Å². The van der Waals surface area contributed by atoms with E-state index in [4.69, 9.17) is 16.6 Å². The van der Waals surface area contributed by atoms with Gasteiger partial charge in [-0.2, -0.15) is 11.8 Å². The van der Waals surface area contributed by atoms with Crippen LogP contribution in [-0.4, -0.2) is 98.3 Å². The summed E-state index contributed by atoms with van der Waals surface area (Å²) in [6, 6.07) is -1.09. The van der Waals surface area contributed by atoms with Crippen LogP contribution in [0.15, 0.2) is 27.4 Å². The van der Waals surface area contributed by atoms with Gasteiger partial charge in [-0.15, -0.1) is 11.8 Å². The second kappa shape index (κ2) is 18.9. The molecule has 45 heavy (non-hydrogen) atoms. The number of carbonyl (C=O) groups excluding carboxylic acids is 3. The fraction of sp³-hybridized carbons (Fsp3) is 0.643. The number of aliphatic imine (C=N–C) groups is 1. The molecule has 2 aliphatic heterocycles. The summed E-state index contributed by atoms with van der Waals surface area (Å²) in [5, 5.41) is 41.0. The van der Waals surface area contributed by atoms with Gasteiger partial charge in [-0.25, -0.2) is 4.79 Å². The number of aliphatic hydroxyl groups is 1. The van der Waals surface area contributed by atoms with E-state index in [1.807, 2.05) is 13.8 Å². The molecule has 0 aromatic carbocycles. The van der Waals surface area contributed by atoms with Crippen molar-refractivity contribution in [2.75, 3.05) is 23.8 Å². The van der Waals surface area contributed by atoms with Gasteiger partial charge in [0.25, 0.3) is 0 Å². The number of β-lactam (4-membered cyclic amide) rings is 1. The number of rotatable bonds is 17. The first kappa shape index (κ1) is 40.9. The number of aliphatic carboxylic acids is 3. The number of carboxylic acid groups (broad SMARTS) is 3. The summed E-state index contributed by atoms with van der Waals surface area (Å²) in [4.78, 5) is 62.6. The van der Waals surface area contributed by atoms with Gasteiger partial charge in [0.2, 0.25) is 11.8 Å². The Morgan fingerprint density at radius 1 is 1.22 bits per heavy atom. The van der Waals surface area contributed by atoms with Crippen molar-refractivity contribution in [3.8, 4) is 0 Å². The molecule has 1 saturated carbocycles. The van der Waals surface area contributed by atoms with Gasteiger partial charge in [0.1, 0.15) is 11.7 Å². The van der Waals surface area contributed by atoms with Gasteiger partial charge in [-0.3, -0.25) is 19.4 Å². The Bertz CT molecular complexity index is 1190. The van der Waals surface area contributed by atoms with E-state index in [0.29, 0.717) is 35.8 Å². The van der Waals surface area contributed by atoms with E-state index in [2.05, 4.69) is 10.3 Å². The first-order valence-electron chi connectivity index (χ1n) is 14.2. The van der Waals surface area contributed by atoms with E-state index < -0.39 is 36.0 Å². The van der Waals surface area contributed by atoms with Crippen molar-refractivity contribution in [1.29, 1.82) is 0 Å². The normalized spacial score (nSPS) is 22.8. The Morgan fingerprint density at radius 2 is 1.87 bits per heavy atom. The van der Waals surface area contributed by atoms with Crippen LogP contribution >= 0.6 is 23.5 Å². The number of allylic oxidation sites excluding steroid dienone is 1. The van der Waals surface area contributed by atoms with Crippen molar-refractivity contribution >= 4 is 59.6 Å². The molecule has 0 aromatic heterocycles. The second-order valence-corrected chi connectivity index (χ2v) is 13.7. The standard InChI is InChI=1S/C16H26N2O5S.C12H17N3O4S.Na/c1-16(2)8-10(16)13(19)18-12(15(22)23)6-4-3-5-7-24-9-11(17)14(20)21;1-6(16)9-7-4-8(20-3-2-14-5-13)10(12(18)19)15(7)11(9)17;/h6,10-11H,3-5,7-9,17H2,1-2H3,(H,18,19)(H,20,21)(H,22,23);5-7,9,16H,2-4H2,1H3,(H2,13,14)(H,18,19);/q;;+1/p-1/t10-,11+;6-,7-,9-;/m11./s1. The smallest absolute Gasteiger partial charge is 0.543 e. The quantitative estimate of drug-likeness (QED) is 0.0221. The fourth-order valence-electron chi connectivity index (χ4n) is 4.85. The second-order valence-electron chi connectivity index (χ2n) is 11.4. The van der Waals surface area contributed by atoms with E-state index in [1.54, 1.807) is 6.92 Å². The molecular formula is C28H42N5NaO9S2. The number of thioether (sulfide) groups is 2. The van der Waals surface area contributed by atoms with Crippen molar-refractivity contribution in [3.63, 3.8) is 0 Å². The van der Waals surface area contributed by atoms with Crippen molar-refractivity contribution in [2.45, 2.75) is 71.1 Å². The van der Waals surface area contributed by atoms with Gasteiger partial charge in [0.15, 0.2) is 0 Å². The van der Waals surface area contributed by atoms with Gasteiger partial charge in [0.05, 0.1) is 42.6 Å². The number of nitrogens with one attached hydrogen (secondary N) is 1. The molecule has 17 heteroatoms. The van der Waals surface area contributed by atoms with Crippen LogP contribution in [-0.2, 0) is 24.0 Å². The maximum absolute atomic E-state index is 11.9. The van der Waals surface area contributed by atoms with Crippen LogP contribution in [0.25, 0.3) is 0 Å². The topological polar surface area (TPSA) is 249 Å². The predicted molar refractivity (Wildman–Crippen MR) is 165 cm³/mol.